The molecular formula is C15H13F3N2O. The SMILES string of the molecule is [C-]#[N+]c1ccc2c(c1)[C@H]1CCCN(C(=O)C(F)(F)F)[C@H]1C2. The van der Waals surface area contributed by atoms with Gasteiger partial charge in [-0.3, -0.25) is 4.79 Å². The van der Waals surface area contributed by atoms with Crippen molar-refractivity contribution in [3.8, 4) is 0 Å². The maximum absolute atomic E-state index is 12.7. The van der Waals surface area contributed by atoms with Crippen molar-refractivity contribution in [1.82, 2.24) is 4.90 Å². The molecule has 0 saturated carbocycles. The third kappa shape index (κ3) is 2.27. The molecule has 0 unspecified atom stereocenters. The molecule has 1 heterocycles. The number of halogens is 3. The highest BCUT2D eigenvalue weighted by Crippen LogP contribution is 2.44. The molecule has 1 aromatic carbocycles. The van der Waals surface area contributed by atoms with Gasteiger partial charge in [0.2, 0.25) is 0 Å². The average molecular weight is 294 g/mol. The number of piperidine rings is 1. The molecular weight excluding hydrogens is 281 g/mol. The second-order valence-electron chi connectivity index (χ2n) is 5.51. The predicted molar refractivity (Wildman–Crippen MR) is 69.9 cm³/mol. The highest BCUT2D eigenvalue weighted by molar-refractivity contribution is 5.82. The van der Waals surface area contributed by atoms with Crippen LogP contribution in [-0.4, -0.2) is 29.6 Å². The van der Waals surface area contributed by atoms with Gasteiger partial charge in [0, 0.05) is 18.5 Å². The topological polar surface area (TPSA) is 24.7 Å². The molecule has 0 bridgehead atoms. The van der Waals surface area contributed by atoms with E-state index in [0.717, 1.165) is 22.4 Å². The fraction of sp³-hybridized carbons (Fsp3) is 0.467. The third-order valence-corrected chi connectivity index (χ3v) is 4.37. The van der Waals surface area contributed by atoms with Crippen molar-refractivity contribution in [2.24, 2.45) is 0 Å². The molecule has 3 nitrogen and oxygen atoms in total. The lowest BCUT2D eigenvalue weighted by Gasteiger charge is -2.38. The molecule has 3 rings (SSSR count). The highest BCUT2D eigenvalue weighted by Gasteiger charge is 2.49. The van der Waals surface area contributed by atoms with Crippen molar-refractivity contribution in [2.75, 3.05) is 6.54 Å². The van der Waals surface area contributed by atoms with Crippen LogP contribution in [0.4, 0.5) is 18.9 Å². The molecule has 1 aromatic rings. The third-order valence-electron chi connectivity index (χ3n) is 4.37. The summed E-state index contributed by atoms with van der Waals surface area (Å²) in [5.41, 5.74) is 2.39. The summed E-state index contributed by atoms with van der Waals surface area (Å²) in [4.78, 5) is 15.9. The minimum atomic E-state index is -4.82. The molecule has 0 spiro atoms. The summed E-state index contributed by atoms with van der Waals surface area (Å²) in [6.45, 7) is 7.20. The Bertz CT molecular complexity index is 633. The number of fused-ring (bicyclic) bond motifs is 3. The van der Waals surface area contributed by atoms with Gasteiger partial charge in [-0.2, -0.15) is 13.2 Å². The Morgan fingerprint density at radius 3 is 2.81 bits per heavy atom. The average Bonchev–Trinajstić information content (AvgIpc) is 2.83. The maximum Gasteiger partial charge on any atom is 0.471 e. The Balaban J connectivity index is 1.93. The van der Waals surface area contributed by atoms with Gasteiger partial charge in [-0.05, 0) is 24.8 Å². The van der Waals surface area contributed by atoms with E-state index < -0.39 is 18.1 Å². The van der Waals surface area contributed by atoms with Crippen LogP contribution in [0.3, 0.4) is 0 Å². The summed E-state index contributed by atoms with van der Waals surface area (Å²) in [5.74, 6) is -1.82. The van der Waals surface area contributed by atoms with Crippen LogP contribution in [0.5, 0.6) is 0 Å². The predicted octanol–water partition coefficient (Wildman–Crippen LogP) is 3.43. The highest BCUT2D eigenvalue weighted by atomic mass is 19.4. The monoisotopic (exact) mass is 294 g/mol. The standard InChI is InChI=1S/C15H13F3N2O/c1-19-10-5-4-9-7-13-11(12(9)8-10)3-2-6-20(13)14(21)15(16,17)18/h4-5,8,11,13H,2-3,6-7H2/t11-,13+/m1/s1. The van der Waals surface area contributed by atoms with E-state index in [1.165, 1.54) is 0 Å². The van der Waals surface area contributed by atoms with Gasteiger partial charge in [0.25, 0.3) is 0 Å². The van der Waals surface area contributed by atoms with Crippen LogP contribution >= 0.6 is 0 Å². The second kappa shape index (κ2) is 4.76. The summed E-state index contributed by atoms with van der Waals surface area (Å²) in [6.07, 6.45) is -3.05. The molecule has 2 aliphatic rings. The van der Waals surface area contributed by atoms with Crippen LogP contribution < -0.4 is 0 Å². The first kappa shape index (κ1) is 13.9. The number of rotatable bonds is 0. The lowest BCUT2D eigenvalue weighted by molar-refractivity contribution is -0.189. The van der Waals surface area contributed by atoms with E-state index in [4.69, 9.17) is 6.57 Å². The zero-order valence-electron chi connectivity index (χ0n) is 11.2. The van der Waals surface area contributed by atoms with E-state index in [1.807, 2.05) is 0 Å². The van der Waals surface area contributed by atoms with E-state index in [-0.39, 0.29) is 12.5 Å². The molecule has 0 N–H and O–H groups in total. The summed E-state index contributed by atoms with van der Waals surface area (Å²) < 4.78 is 38.1. The van der Waals surface area contributed by atoms with Gasteiger partial charge in [0.05, 0.1) is 6.57 Å². The summed E-state index contributed by atoms with van der Waals surface area (Å²) in [5, 5.41) is 0. The Hall–Kier alpha value is -2.03. The molecule has 0 aromatic heterocycles. The summed E-state index contributed by atoms with van der Waals surface area (Å²) >= 11 is 0. The number of hydrogen-bond acceptors (Lipinski definition) is 1. The van der Waals surface area contributed by atoms with Crippen molar-refractivity contribution in [3.05, 3.63) is 40.7 Å². The number of hydrogen-bond donors (Lipinski definition) is 0. The van der Waals surface area contributed by atoms with Crippen LogP contribution in [-0.2, 0) is 11.2 Å². The molecule has 6 heteroatoms. The van der Waals surface area contributed by atoms with Crippen molar-refractivity contribution in [2.45, 2.75) is 37.4 Å². The van der Waals surface area contributed by atoms with Gasteiger partial charge in [-0.25, -0.2) is 4.85 Å². The van der Waals surface area contributed by atoms with Gasteiger partial charge in [-0.15, -0.1) is 0 Å². The van der Waals surface area contributed by atoms with Gasteiger partial charge in [-0.1, -0.05) is 23.8 Å². The molecule has 1 aliphatic carbocycles. The first-order valence-corrected chi connectivity index (χ1v) is 6.80. The van der Waals surface area contributed by atoms with Gasteiger partial charge in [0.15, 0.2) is 5.69 Å². The van der Waals surface area contributed by atoms with E-state index >= 15 is 0 Å². The number of carbonyl (C=O) groups excluding carboxylic acids is 1. The van der Waals surface area contributed by atoms with Gasteiger partial charge in [0.1, 0.15) is 0 Å². The Labute approximate surface area is 120 Å². The molecule has 21 heavy (non-hydrogen) atoms. The van der Waals surface area contributed by atoms with Crippen LogP contribution in [0.15, 0.2) is 18.2 Å². The van der Waals surface area contributed by atoms with Crippen LogP contribution in [0.2, 0.25) is 0 Å². The van der Waals surface area contributed by atoms with Crippen molar-refractivity contribution < 1.29 is 18.0 Å². The molecule has 1 saturated heterocycles. The molecule has 1 aliphatic heterocycles. The molecule has 0 radical (unpaired) electrons. The van der Waals surface area contributed by atoms with Crippen molar-refractivity contribution in [3.63, 3.8) is 0 Å². The molecule has 1 fully saturated rings. The Morgan fingerprint density at radius 2 is 2.14 bits per heavy atom. The number of alkyl halides is 3. The zero-order valence-corrected chi connectivity index (χ0v) is 11.2. The number of carbonyl (C=O) groups is 1. The van der Waals surface area contributed by atoms with Crippen LogP contribution in [0, 0.1) is 6.57 Å². The smallest absolute Gasteiger partial charge is 0.331 e. The minimum Gasteiger partial charge on any atom is -0.331 e. The van der Waals surface area contributed by atoms with E-state index in [0.29, 0.717) is 18.5 Å². The van der Waals surface area contributed by atoms with E-state index in [2.05, 4.69) is 4.85 Å². The van der Waals surface area contributed by atoms with Crippen molar-refractivity contribution in [1.29, 1.82) is 0 Å². The maximum atomic E-state index is 12.7. The minimum absolute atomic E-state index is 0.0817. The normalized spacial score (nSPS) is 24.2. The molecule has 1 amide bonds. The number of benzene rings is 1. The first-order valence-electron chi connectivity index (χ1n) is 6.80. The Kier molecular flexibility index (Phi) is 3.16. The van der Waals surface area contributed by atoms with E-state index in [9.17, 15) is 18.0 Å². The fourth-order valence-electron chi connectivity index (χ4n) is 3.50. The van der Waals surface area contributed by atoms with Gasteiger partial charge >= 0.3 is 12.1 Å². The summed E-state index contributed by atoms with van der Waals surface area (Å²) in [7, 11) is 0. The first-order chi connectivity index (χ1) is 9.91. The largest absolute Gasteiger partial charge is 0.471 e. The van der Waals surface area contributed by atoms with E-state index in [1.54, 1.807) is 18.2 Å². The van der Waals surface area contributed by atoms with Gasteiger partial charge < -0.3 is 4.90 Å². The quantitative estimate of drug-likeness (QED) is 0.673. The number of nitrogens with zero attached hydrogens (tertiary/aromatic N) is 2. The Morgan fingerprint density at radius 1 is 1.38 bits per heavy atom. The lowest BCUT2D eigenvalue weighted by Crippen LogP contribution is -2.51. The fourth-order valence-corrected chi connectivity index (χ4v) is 3.50. The van der Waals surface area contributed by atoms with Crippen LogP contribution in [0.25, 0.3) is 4.85 Å². The van der Waals surface area contributed by atoms with Crippen LogP contribution in [0.1, 0.15) is 29.9 Å². The summed E-state index contributed by atoms with van der Waals surface area (Å²) in [6, 6.07) is 4.81. The van der Waals surface area contributed by atoms with Crippen molar-refractivity contribution >= 4 is 11.6 Å². The number of amides is 1. The number of likely N-dealkylation sites (tertiary alicyclic amines) is 1. The zero-order chi connectivity index (χ0) is 15.2. The molecule has 110 valence electrons. The second-order valence-corrected chi connectivity index (χ2v) is 5.51. The molecule has 2 atom stereocenters. The lowest BCUT2D eigenvalue weighted by atomic mass is 9.88.